The third-order valence-corrected chi connectivity index (χ3v) is 5.50. The number of nitrogens with zero attached hydrogens (tertiary/aromatic N) is 1. The molecule has 1 saturated carbocycles. The number of carbonyl (C=O) groups is 1. The molecule has 5 heteroatoms. The normalized spacial score (nSPS) is 30.2. The molecule has 1 N–H and O–H groups in total. The van der Waals surface area contributed by atoms with Crippen LogP contribution in [0.4, 0.5) is 8.78 Å². The van der Waals surface area contributed by atoms with E-state index in [1.807, 2.05) is 6.92 Å². The van der Waals surface area contributed by atoms with E-state index in [1.54, 1.807) is 12.1 Å². The molecule has 1 aromatic rings. The van der Waals surface area contributed by atoms with Crippen molar-refractivity contribution >= 4 is 5.91 Å². The molecule has 24 heavy (non-hydrogen) atoms. The van der Waals surface area contributed by atoms with E-state index < -0.39 is 5.67 Å². The Labute approximate surface area is 142 Å². The van der Waals surface area contributed by atoms with Gasteiger partial charge in [-0.15, -0.1) is 0 Å². The minimum Gasteiger partial charge on any atom is -0.356 e. The number of carbonyl (C=O) groups excluding carboxylic acids is 1. The van der Waals surface area contributed by atoms with Gasteiger partial charge in [-0.05, 0) is 57.7 Å². The molecule has 0 spiro atoms. The summed E-state index contributed by atoms with van der Waals surface area (Å²) in [6.07, 6.45) is 2.58. The first-order valence-electron chi connectivity index (χ1n) is 8.92. The fourth-order valence-corrected chi connectivity index (χ4v) is 3.86. The smallest absolute Gasteiger partial charge is 0.223 e. The largest absolute Gasteiger partial charge is 0.356 e. The van der Waals surface area contributed by atoms with Crippen LogP contribution in [0.15, 0.2) is 18.2 Å². The quantitative estimate of drug-likeness (QED) is 0.892. The van der Waals surface area contributed by atoms with Crippen LogP contribution in [0, 0.1) is 11.7 Å². The van der Waals surface area contributed by atoms with Crippen molar-refractivity contribution in [1.82, 2.24) is 10.2 Å². The number of benzene rings is 1. The molecule has 1 aliphatic carbocycles. The average molecular weight is 336 g/mol. The molecule has 1 amide bonds. The monoisotopic (exact) mass is 336 g/mol. The van der Waals surface area contributed by atoms with Gasteiger partial charge in [-0.25, -0.2) is 8.78 Å². The number of likely N-dealkylation sites (tertiary alicyclic amines) is 1. The Morgan fingerprint density at radius 1 is 1.42 bits per heavy atom. The van der Waals surface area contributed by atoms with Crippen molar-refractivity contribution in [3.63, 3.8) is 0 Å². The van der Waals surface area contributed by atoms with Crippen LogP contribution in [0.3, 0.4) is 0 Å². The van der Waals surface area contributed by atoms with Crippen LogP contribution in [-0.2, 0) is 17.0 Å². The van der Waals surface area contributed by atoms with Crippen molar-refractivity contribution in [3.8, 4) is 0 Å². The highest BCUT2D eigenvalue weighted by atomic mass is 19.1. The van der Waals surface area contributed by atoms with E-state index in [0.29, 0.717) is 30.3 Å². The number of hydrogen-bond donors (Lipinski definition) is 1. The fourth-order valence-electron chi connectivity index (χ4n) is 3.86. The Balaban J connectivity index is 1.66. The zero-order valence-electron chi connectivity index (χ0n) is 14.4. The van der Waals surface area contributed by atoms with Gasteiger partial charge < -0.3 is 5.32 Å². The summed E-state index contributed by atoms with van der Waals surface area (Å²) < 4.78 is 29.3. The molecule has 0 unspecified atom stereocenters. The maximum absolute atomic E-state index is 14.9. The molecule has 132 valence electrons. The van der Waals surface area contributed by atoms with Crippen LogP contribution in [0.2, 0.25) is 0 Å². The molecule has 0 radical (unpaired) electrons. The third kappa shape index (κ3) is 3.32. The number of alkyl halides is 1. The Kier molecular flexibility index (Phi) is 4.90. The molecule has 1 saturated heterocycles. The molecule has 0 bridgehead atoms. The van der Waals surface area contributed by atoms with E-state index in [2.05, 4.69) is 17.1 Å². The molecule has 2 fully saturated rings. The molecule has 1 aliphatic heterocycles. The molecule has 1 heterocycles. The number of halogens is 2. The maximum Gasteiger partial charge on any atom is 0.223 e. The Morgan fingerprint density at radius 3 is 2.75 bits per heavy atom. The van der Waals surface area contributed by atoms with Gasteiger partial charge >= 0.3 is 0 Å². The summed E-state index contributed by atoms with van der Waals surface area (Å²) in [5.74, 6) is -0.751. The summed E-state index contributed by atoms with van der Waals surface area (Å²) >= 11 is 0. The van der Waals surface area contributed by atoms with Gasteiger partial charge in [-0.3, -0.25) is 9.69 Å². The predicted molar refractivity (Wildman–Crippen MR) is 89.7 cm³/mol. The van der Waals surface area contributed by atoms with Gasteiger partial charge in [0.2, 0.25) is 5.91 Å². The molecular weight excluding hydrogens is 310 g/mol. The van der Waals surface area contributed by atoms with Gasteiger partial charge in [-0.2, -0.15) is 0 Å². The van der Waals surface area contributed by atoms with Crippen LogP contribution in [0.5, 0.6) is 0 Å². The minimum absolute atomic E-state index is 0.106. The Hall–Kier alpha value is -1.49. The standard InChI is InChI=1S/C19H26F2N2O/c1-3-22-18(24)15-10-19(21,11-15)16-7-6-14(17(20)9-16)12-23-8-4-5-13(23)2/h6-7,9,13,15H,3-5,8,10-12H2,1-2H3,(H,22,24)/t13-,15?,19?/m1/s1. The summed E-state index contributed by atoms with van der Waals surface area (Å²) in [6.45, 7) is 6.12. The van der Waals surface area contributed by atoms with Crippen LogP contribution in [0.1, 0.15) is 50.7 Å². The Morgan fingerprint density at radius 2 is 2.17 bits per heavy atom. The maximum atomic E-state index is 14.9. The third-order valence-electron chi connectivity index (χ3n) is 5.50. The fraction of sp³-hybridized carbons (Fsp3) is 0.632. The lowest BCUT2D eigenvalue weighted by Gasteiger charge is -2.40. The van der Waals surface area contributed by atoms with Crippen molar-refractivity contribution in [2.75, 3.05) is 13.1 Å². The molecule has 0 aromatic heterocycles. The van der Waals surface area contributed by atoms with E-state index in [0.717, 1.165) is 19.4 Å². The van der Waals surface area contributed by atoms with E-state index in [-0.39, 0.29) is 30.5 Å². The number of nitrogens with one attached hydrogen (secondary N) is 1. The predicted octanol–water partition coefficient (Wildman–Crippen LogP) is 3.52. The first-order chi connectivity index (χ1) is 11.4. The van der Waals surface area contributed by atoms with E-state index in [9.17, 15) is 13.6 Å². The van der Waals surface area contributed by atoms with Gasteiger partial charge in [0, 0.05) is 30.6 Å². The summed E-state index contributed by atoms with van der Waals surface area (Å²) in [6, 6.07) is 5.19. The summed E-state index contributed by atoms with van der Waals surface area (Å²) in [4.78, 5) is 14.0. The van der Waals surface area contributed by atoms with E-state index in [4.69, 9.17) is 0 Å². The molecule has 2 aliphatic rings. The second kappa shape index (κ2) is 6.79. The van der Waals surface area contributed by atoms with Crippen LogP contribution < -0.4 is 5.32 Å². The van der Waals surface area contributed by atoms with Gasteiger partial charge in [0.25, 0.3) is 0 Å². The van der Waals surface area contributed by atoms with Gasteiger partial charge in [0.15, 0.2) is 0 Å². The van der Waals surface area contributed by atoms with Crippen molar-refractivity contribution in [2.45, 2.75) is 57.8 Å². The average Bonchev–Trinajstić information content (AvgIpc) is 2.91. The molecule has 3 nitrogen and oxygen atoms in total. The second-order valence-electron chi connectivity index (χ2n) is 7.23. The zero-order chi connectivity index (χ0) is 17.3. The highest BCUT2D eigenvalue weighted by Gasteiger charge is 2.49. The van der Waals surface area contributed by atoms with Crippen molar-refractivity contribution in [1.29, 1.82) is 0 Å². The van der Waals surface area contributed by atoms with Crippen molar-refractivity contribution in [2.24, 2.45) is 5.92 Å². The highest BCUT2D eigenvalue weighted by Crippen LogP contribution is 2.49. The lowest BCUT2D eigenvalue weighted by Crippen LogP contribution is -2.45. The number of amides is 1. The number of rotatable bonds is 5. The first-order valence-corrected chi connectivity index (χ1v) is 8.92. The minimum atomic E-state index is -1.57. The second-order valence-corrected chi connectivity index (χ2v) is 7.23. The van der Waals surface area contributed by atoms with Gasteiger partial charge in [0.05, 0.1) is 0 Å². The summed E-state index contributed by atoms with van der Waals surface area (Å²) in [5, 5.41) is 2.72. The summed E-state index contributed by atoms with van der Waals surface area (Å²) in [5.41, 5.74) is -0.592. The topological polar surface area (TPSA) is 32.3 Å². The van der Waals surface area contributed by atoms with E-state index in [1.165, 1.54) is 6.07 Å². The van der Waals surface area contributed by atoms with Crippen LogP contribution in [-0.4, -0.2) is 29.9 Å². The van der Waals surface area contributed by atoms with E-state index >= 15 is 0 Å². The lowest BCUT2D eigenvalue weighted by molar-refractivity contribution is -0.134. The zero-order valence-corrected chi connectivity index (χ0v) is 14.4. The van der Waals surface area contributed by atoms with Crippen molar-refractivity contribution in [3.05, 3.63) is 35.1 Å². The van der Waals surface area contributed by atoms with Gasteiger partial charge in [-0.1, -0.05) is 12.1 Å². The van der Waals surface area contributed by atoms with Crippen LogP contribution >= 0.6 is 0 Å². The SMILES string of the molecule is CCNC(=O)C1CC(F)(c2ccc(CN3CCC[C@H]3C)c(F)c2)C1. The molecule has 3 rings (SSSR count). The Bertz CT molecular complexity index is 613. The molecular formula is C19H26F2N2O. The lowest BCUT2D eigenvalue weighted by atomic mass is 9.68. The van der Waals surface area contributed by atoms with Crippen LogP contribution in [0.25, 0.3) is 0 Å². The van der Waals surface area contributed by atoms with Crippen molar-refractivity contribution < 1.29 is 13.6 Å². The number of hydrogen-bond acceptors (Lipinski definition) is 2. The first kappa shape index (κ1) is 17.3. The highest BCUT2D eigenvalue weighted by molar-refractivity contribution is 5.80. The molecule has 1 aromatic carbocycles. The summed E-state index contributed by atoms with van der Waals surface area (Å²) in [7, 11) is 0. The molecule has 1 atom stereocenters. The van der Waals surface area contributed by atoms with Gasteiger partial charge in [0.1, 0.15) is 11.5 Å².